The average Bonchev–Trinajstić information content (AvgIpc) is 2.50. The first-order valence-corrected chi connectivity index (χ1v) is 7.99. The van der Waals surface area contributed by atoms with E-state index >= 15 is 0 Å². The first-order valence-electron chi connectivity index (χ1n) is 7.58. The minimum Gasteiger partial charge on any atom is -0.494 e. The zero-order chi connectivity index (χ0) is 16.2. The van der Waals surface area contributed by atoms with Gasteiger partial charge in [0.25, 0.3) is 0 Å². The molecule has 0 aliphatic heterocycles. The van der Waals surface area contributed by atoms with Crippen LogP contribution in [0.4, 0.5) is 0 Å². The predicted molar refractivity (Wildman–Crippen MR) is 92.5 cm³/mol. The predicted octanol–water partition coefficient (Wildman–Crippen LogP) is 2.39. The molecule has 0 aromatic heterocycles. The number of amides is 1. The molecule has 22 heavy (non-hydrogen) atoms. The van der Waals surface area contributed by atoms with Crippen molar-refractivity contribution in [1.82, 2.24) is 16.2 Å². The van der Waals surface area contributed by atoms with E-state index in [-0.39, 0.29) is 5.91 Å². The quantitative estimate of drug-likeness (QED) is 0.389. The third-order valence-corrected chi connectivity index (χ3v) is 3.13. The summed E-state index contributed by atoms with van der Waals surface area (Å²) in [7, 11) is 0. The van der Waals surface area contributed by atoms with Gasteiger partial charge in [0.05, 0.1) is 6.61 Å². The number of hydrogen-bond acceptors (Lipinski definition) is 3. The van der Waals surface area contributed by atoms with Crippen LogP contribution in [-0.4, -0.2) is 24.2 Å². The number of para-hydroxylation sites is 1. The molecule has 1 aromatic carbocycles. The number of carbonyl (C=O) groups excluding carboxylic acids is 1. The fraction of sp³-hybridized carbons (Fsp3) is 0.500. The summed E-state index contributed by atoms with van der Waals surface area (Å²) in [5, 5.41) is 3.48. The van der Waals surface area contributed by atoms with E-state index < -0.39 is 0 Å². The van der Waals surface area contributed by atoms with Gasteiger partial charge in [0.2, 0.25) is 5.91 Å². The fourth-order valence-electron chi connectivity index (χ4n) is 1.65. The van der Waals surface area contributed by atoms with Crippen molar-refractivity contribution in [2.24, 2.45) is 5.92 Å². The van der Waals surface area contributed by atoms with E-state index in [1.165, 1.54) is 0 Å². The van der Waals surface area contributed by atoms with Gasteiger partial charge in [-0.1, -0.05) is 32.0 Å². The molecule has 0 aliphatic carbocycles. The van der Waals surface area contributed by atoms with E-state index in [9.17, 15) is 4.79 Å². The molecule has 1 amide bonds. The van der Waals surface area contributed by atoms with Crippen LogP contribution in [0.3, 0.4) is 0 Å². The summed E-state index contributed by atoms with van der Waals surface area (Å²) in [6, 6.07) is 9.55. The summed E-state index contributed by atoms with van der Waals surface area (Å²) in [6.45, 7) is 5.60. The SMILES string of the molecule is CC(C)CCNC(=S)NNC(=O)CCCOc1ccccc1. The maximum Gasteiger partial charge on any atom is 0.238 e. The van der Waals surface area contributed by atoms with Crippen LogP contribution in [0.15, 0.2) is 30.3 Å². The Labute approximate surface area is 137 Å². The molecule has 1 aromatic rings. The number of hydrazine groups is 1. The highest BCUT2D eigenvalue weighted by Gasteiger charge is 2.02. The van der Waals surface area contributed by atoms with Crippen LogP contribution in [0.5, 0.6) is 5.75 Å². The number of hydrogen-bond donors (Lipinski definition) is 3. The molecule has 5 nitrogen and oxygen atoms in total. The second-order valence-corrected chi connectivity index (χ2v) is 5.78. The van der Waals surface area contributed by atoms with Crippen molar-refractivity contribution < 1.29 is 9.53 Å². The second kappa shape index (κ2) is 10.8. The maximum absolute atomic E-state index is 11.6. The van der Waals surface area contributed by atoms with Gasteiger partial charge in [0, 0.05) is 13.0 Å². The molecule has 0 atom stereocenters. The van der Waals surface area contributed by atoms with E-state index in [1.807, 2.05) is 30.3 Å². The highest BCUT2D eigenvalue weighted by molar-refractivity contribution is 7.80. The molecule has 6 heteroatoms. The molecule has 0 heterocycles. The van der Waals surface area contributed by atoms with Crippen molar-refractivity contribution in [3.8, 4) is 5.75 Å². The standard InChI is InChI=1S/C16H25N3O2S/c1-13(2)10-11-17-16(22)19-18-15(20)9-6-12-21-14-7-4-3-5-8-14/h3-5,7-8,13H,6,9-12H2,1-2H3,(H,18,20)(H2,17,19,22). The van der Waals surface area contributed by atoms with Gasteiger partial charge in [0.1, 0.15) is 5.75 Å². The van der Waals surface area contributed by atoms with Crippen molar-refractivity contribution in [3.63, 3.8) is 0 Å². The topological polar surface area (TPSA) is 62.4 Å². The van der Waals surface area contributed by atoms with Crippen LogP contribution in [-0.2, 0) is 4.79 Å². The van der Waals surface area contributed by atoms with Crippen LogP contribution < -0.4 is 20.9 Å². The molecule has 0 fully saturated rings. The Morgan fingerprint density at radius 1 is 1.23 bits per heavy atom. The molecule has 1 rings (SSSR count). The molecule has 0 bridgehead atoms. The van der Waals surface area contributed by atoms with E-state index in [2.05, 4.69) is 30.0 Å². The number of rotatable bonds is 8. The summed E-state index contributed by atoms with van der Waals surface area (Å²) in [6.07, 6.45) is 2.07. The van der Waals surface area contributed by atoms with Gasteiger partial charge in [-0.25, -0.2) is 0 Å². The monoisotopic (exact) mass is 323 g/mol. The zero-order valence-corrected chi connectivity index (χ0v) is 14.0. The van der Waals surface area contributed by atoms with Gasteiger partial charge in [-0.05, 0) is 43.1 Å². The molecular formula is C16H25N3O2S. The highest BCUT2D eigenvalue weighted by Crippen LogP contribution is 2.08. The minimum atomic E-state index is -0.107. The van der Waals surface area contributed by atoms with Gasteiger partial charge in [-0.3, -0.25) is 15.6 Å². The van der Waals surface area contributed by atoms with Gasteiger partial charge >= 0.3 is 0 Å². The zero-order valence-electron chi connectivity index (χ0n) is 13.2. The van der Waals surface area contributed by atoms with Crippen molar-refractivity contribution in [1.29, 1.82) is 0 Å². The lowest BCUT2D eigenvalue weighted by molar-refractivity contribution is -0.121. The molecule has 122 valence electrons. The van der Waals surface area contributed by atoms with E-state index in [4.69, 9.17) is 17.0 Å². The van der Waals surface area contributed by atoms with Crippen molar-refractivity contribution >= 4 is 23.2 Å². The van der Waals surface area contributed by atoms with E-state index in [1.54, 1.807) is 0 Å². The van der Waals surface area contributed by atoms with E-state index in [0.717, 1.165) is 18.7 Å². The molecule has 0 radical (unpaired) electrons. The Balaban J connectivity index is 2.02. The fourth-order valence-corrected chi connectivity index (χ4v) is 1.80. The summed E-state index contributed by atoms with van der Waals surface area (Å²) in [4.78, 5) is 11.6. The Bertz CT molecular complexity index is 452. The first kappa shape index (κ1) is 18.2. The van der Waals surface area contributed by atoms with Crippen LogP contribution in [0.1, 0.15) is 33.1 Å². The number of benzene rings is 1. The van der Waals surface area contributed by atoms with Crippen molar-refractivity contribution in [2.45, 2.75) is 33.1 Å². The molecule has 0 spiro atoms. The lowest BCUT2D eigenvalue weighted by Crippen LogP contribution is -2.47. The van der Waals surface area contributed by atoms with Crippen LogP contribution in [0, 0.1) is 5.92 Å². The Hall–Kier alpha value is -1.82. The molecular weight excluding hydrogens is 298 g/mol. The second-order valence-electron chi connectivity index (χ2n) is 5.38. The Kier molecular flexibility index (Phi) is 8.98. The first-order chi connectivity index (χ1) is 10.6. The van der Waals surface area contributed by atoms with Crippen molar-refractivity contribution in [3.05, 3.63) is 30.3 Å². The molecule has 0 unspecified atom stereocenters. The van der Waals surface area contributed by atoms with E-state index in [0.29, 0.717) is 30.5 Å². The summed E-state index contributed by atoms with van der Waals surface area (Å²) < 4.78 is 5.52. The lowest BCUT2D eigenvalue weighted by Gasteiger charge is -2.12. The Morgan fingerprint density at radius 2 is 1.95 bits per heavy atom. The number of carbonyl (C=O) groups is 1. The third kappa shape index (κ3) is 9.18. The highest BCUT2D eigenvalue weighted by atomic mass is 32.1. The van der Waals surface area contributed by atoms with Gasteiger partial charge in [-0.15, -0.1) is 0 Å². The number of nitrogens with one attached hydrogen (secondary N) is 3. The molecule has 3 N–H and O–H groups in total. The lowest BCUT2D eigenvalue weighted by atomic mass is 10.1. The van der Waals surface area contributed by atoms with Crippen LogP contribution >= 0.6 is 12.2 Å². The number of ether oxygens (including phenoxy) is 1. The summed E-state index contributed by atoms with van der Waals surface area (Å²) in [5.74, 6) is 1.33. The number of thiocarbonyl (C=S) groups is 1. The smallest absolute Gasteiger partial charge is 0.238 e. The van der Waals surface area contributed by atoms with Crippen molar-refractivity contribution in [2.75, 3.05) is 13.2 Å². The average molecular weight is 323 g/mol. The Morgan fingerprint density at radius 3 is 2.64 bits per heavy atom. The molecule has 0 saturated heterocycles. The van der Waals surface area contributed by atoms with Gasteiger partial charge in [-0.2, -0.15) is 0 Å². The van der Waals surface area contributed by atoms with Gasteiger partial charge < -0.3 is 10.1 Å². The van der Waals surface area contributed by atoms with Crippen LogP contribution in [0.2, 0.25) is 0 Å². The molecule has 0 saturated carbocycles. The van der Waals surface area contributed by atoms with Crippen LogP contribution in [0.25, 0.3) is 0 Å². The normalized spacial score (nSPS) is 10.1. The maximum atomic E-state index is 11.6. The van der Waals surface area contributed by atoms with Gasteiger partial charge in [0.15, 0.2) is 5.11 Å². The third-order valence-electron chi connectivity index (χ3n) is 2.88. The minimum absolute atomic E-state index is 0.107. The molecule has 0 aliphatic rings. The summed E-state index contributed by atoms with van der Waals surface area (Å²) >= 11 is 5.06. The summed E-state index contributed by atoms with van der Waals surface area (Å²) in [5.41, 5.74) is 5.27. The largest absolute Gasteiger partial charge is 0.494 e.